The summed E-state index contributed by atoms with van der Waals surface area (Å²) >= 11 is 0. The van der Waals surface area contributed by atoms with E-state index in [1.165, 1.54) is 27.6 Å². The molecule has 0 spiro atoms. The third-order valence-electron chi connectivity index (χ3n) is 5.08. The highest BCUT2D eigenvalue weighted by atomic mass is 32.2. The molecule has 3 heterocycles. The number of aryl methyl sites for hydroxylation is 3. The summed E-state index contributed by atoms with van der Waals surface area (Å²) in [7, 11) is -0.584. The third-order valence-corrected chi connectivity index (χ3v) is 6.83. The summed E-state index contributed by atoms with van der Waals surface area (Å²) in [6, 6.07) is 4.48. The summed E-state index contributed by atoms with van der Waals surface area (Å²) in [6.45, 7) is 4.20. The zero-order valence-corrected chi connectivity index (χ0v) is 19.1. The molecule has 0 atom stereocenters. The fraction of sp³-hybridized carbons (Fsp3) is 0.333. The Morgan fingerprint density at radius 2 is 1.97 bits per heavy atom. The molecule has 0 saturated heterocycles. The number of aromatic nitrogens is 6. The van der Waals surface area contributed by atoms with Gasteiger partial charge in [-0.2, -0.15) is 5.10 Å². The molecule has 1 N–H and O–H groups in total. The molecule has 11 heteroatoms. The first-order chi connectivity index (χ1) is 15.3. The van der Waals surface area contributed by atoms with Crippen molar-refractivity contribution in [2.24, 2.45) is 14.1 Å². The average Bonchev–Trinajstić information content (AvgIpc) is 3.32. The SMILES string of the molecule is CCCc1nn(C)c2c(=O)[nH]c(-c3cc(S(=O)(=O)c4nccn4C)ccc3OCC)nc12. The molecule has 3 aromatic heterocycles. The molecule has 0 bridgehead atoms. The number of hydrogen-bond donors (Lipinski definition) is 1. The van der Waals surface area contributed by atoms with Gasteiger partial charge < -0.3 is 14.3 Å². The summed E-state index contributed by atoms with van der Waals surface area (Å²) < 4.78 is 35.0. The smallest absolute Gasteiger partial charge is 0.277 e. The van der Waals surface area contributed by atoms with Gasteiger partial charge in [-0.05, 0) is 31.5 Å². The van der Waals surface area contributed by atoms with Gasteiger partial charge in [-0.15, -0.1) is 0 Å². The molecular weight excluding hydrogens is 432 g/mol. The number of H-pyrrole nitrogens is 1. The maximum Gasteiger partial charge on any atom is 0.277 e. The monoisotopic (exact) mass is 456 g/mol. The summed E-state index contributed by atoms with van der Waals surface area (Å²) in [5.41, 5.74) is 1.58. The Balaban J connectivity index is 1.95. The van der Waals surface area contributed by atoms with Crippen LogP contribution < -0.4 is 10.3 Å². The van der Waals surface area contributed by atoms with Crippen molar-refractivity contribution < 1.29 is 13.2 Å². The first kappa shape index (κ1) is 21.8. The van der Waals surface area contributed by atoms with Crippen LogP contribution in [0.5, 0.6) is 5.75 Å². The van der Waals surface area contributed by atoms with Crippen LogP contribution in [-0.2, 0) is 30.4 Å². The number of nitrogens with zero attached hydrogens (tertiary/aromatic N) is 5. The normalized spacial score (nSPS) is 11.9. The summed E-state index contributed by atoms with van der Waals surface area (Å²) in [6.07, 6.45) is 4.50. The number of aromatic amines is 1. The Labute approximate surface area is 184 Å². The van der Waals surface area contributed by atoms with E-state index in [4.69, 9.17) is 4.74 Å². The zero-order chi connectivity index (χ0) is 23.0. The van der Waals surface area contributed by atoms with Crippen LogP contribution in [0.15, 0.2) is 45.4 Å². The fourth-order valence-corrected chi connectivity index (χ4v) is 5.01. The molecule has 0 aliphatic carbocycles. The Morgan fingerprint density at radius 3 is 2.62 bits per heavy atom. The second-order valence-corrected chi connectivity index (χ2v) is 9.19. The molecule has 0 saturated carbocycles. The number of hydrogen-bond acceptors (Lipinski definition) is 7. The van der Waals surface area contributed by atoms with Gasteiger partial charge in [0, 0.05) is 26.5 Å². The van der Waals surface area contributed by atoms with Gasteiger partial charge in [0.15, 0.2) is 5.52 Å². The minimum atomic E-state index is -3.89. The van der Waals surface area contributed by atoms with Gasteiger partial charge in [-0.25, -0.2) is 18.4 Å². The molecule has 32 heavy (non-hydrogen) atoms. The van der Waals surface area contributed by atoms with Crippen molar-refractivity contribution in [1.82, 2.24) is 29.3 Å². The second-order valence-electron chi connectivity index (χ2n) is 7.35. The van der Waals surface area contributed by atoms with Gasteiger partial charge in [0.2, 0.25) is 15.0 Å². The lowest BCUT2D eigenvalue weighted by atomic mass is 10.1. The summed E-state index contributed by atoms with van der Waals surface area (Å²) in [4.78, 5) is 24.3. The number of rotatable bonds is 7. The number of benzene rings is 1. The van der Waals surface area contributed by atoms with E-state index >= 15 is 0 Å². The summed E-state index contributed by atoms with van der Waals surface area (Å²) in [5.74, 6) is 0.628. The van der Waals surface area contributed by atoms with Crippen molar-refractivity contribution in [3.05, 3.63) is 46.6 Å². The van der Waals surface area contributed by atoms with Crippen molar-refractivity contribution in [2.45, 2.75) is 36.7 Å². The van der Waals surface area contributed by atoms with E-state index in [9.17, 15) is 13.2 Å². The van der Waals surface area contributed by atoms with Gasteiger partial charge in [0.1, 0.15) is 17.1 Å². The first-order valence-electron chi connectivity index (χ1n) is 10.2. The molecule has 1 aromatic carbocycles. The van der Waals surface area contributed by atoms with Crippen LogP contribution in [-0.4, -0.2) is 44.3 Å². The van der Waals surface area contributed by atoms with Crippen LogP contribution in [0.3, 0.4) is 0 Å². The van der Waals surface area contributed by atoms with E-state index in [-0.39, 0.29) is 21.4 Å². The van der Waals surface area contributed by atoms with Crippen LogP contribution in [0.2, 0.25) is 0 Å². The van der Waals surface area contributed by atoms with Crippen LogP contribution in [0.4, 0.5) is 0 Å². The molecule has 0 amide bonds. The molecular formula is C21H24N6O4S. The Bertz CT molecular complexity index is 1470. The van der Waals surface area contributed by atoms with E-state index in [2.05, 4.69) is 20.1 Å². The van der Waals surface area contributed by atoms with E-state index in [0.29, 0.717) is 41.1 Å². The topological polar surface area (TPSA) is 125 Å². The number of fused-ring (bicyclic) bond motifs is 1. The van der Waals surface area contributed by atoms with E-state index in [1.54, 1.807) is 26.4 Å². The standard InChI is InChI=1S/C21H24N6O4S/c1-5-7-15-17-18(27(4)25-15)20(28)24-19(23-17)14-12-13(8-9-16(14)31-6-2)32(29,30)21-22-10-11-26(21)3/h8-12H,5-7H2,1-4H3,(H,23,24,28). The van der Waals surface area contributed by atoms with Crippen LogP contribution in [0.1, 0.15) is 26.0 Å². The Hall–Kier alpha value is -3.47. The number of sulfone groups is 1. The molecule has 0 radical (unpaired) electrons. The highest BCUT2D eigenvalue weighted by Crippen LogP contribution is 2.32. The molecule has 0 unspecified atom stereocenters. The Kier molecular flexibility index (Phi) is 5.59. The molecule has 0 aliphatic heterocycles. The highest BCUT2D eigenvalue weighted by molar-refractivity contribution is 7.91. The lowest BCUT2D eigenvalue weighted by molar-refractivity contribution is 0.341. The quantitative estimate of drug-likeness (QED) is 0.452. The molecule has 4 rings (SSSR count). The molecule has 168 valence electrons. The lowest BCUT2D eigenvalue weighted by Crippen LogP contribution is -2.13. The van der Waals surface area contributed by atoms with Gasteiger partial charge in [0.25, 0.3) is 5.56 Å². The van der Waals surface area contributed by atoms with Gasteiger partial charge in [-0.3, -0.25) is 9.48 Å². The third kappa shape index (κ3) is 3.58. The van der Waals surface area contributed by atoms with Gasteiger partial charge in [0.05, 0.1) is 22.8 Å². The Morgan fingerprint density at radius 1 is 1.19 bits per heavy atom. The minimum Gasteiger partial charge on any atom is -0.493 e. The van der Waals surface area contributed by atoms with E-state index in [1.807, 2.05) is 13.8 Å². The molecule has 10 nitrogen and oxygen atoms in total. The highest BCUT2D eigenvalue weighted by Gasteiger charge is 2.25. The van der Waals surface area contributed by atoms with E-state index < -0.39 is 9.84 Å². The maximum absolute atomic E-state index is 13.2. The molecule has 0 aliphatic rings. The van der Waals surface area contributed by atoms with Crippen molar-refractivity contribution in [3.8, 4) is 17.1 Å². The predicted octanol–water partition coefficient (Wildman–Crippen LogP) is 2.24. The lowest BCUT2D eigenvalue weighted by Gasteiger charge is -2.12. The fourth-order valence-electron chi connectivity index (χ4n) is 3.64. The zero-order valence-electron chi connectivity index (χ0n) is 18.3. The number of imidazole rings is 1. The maximum atomic E-state index is 13.2. The van der Waals surface area contributed by atoms with Crippen LogP contribution >= 0.6 is 0 Å². The number of ether oxygens (including phenoxy) is 1. The van der Waals surface area contributed by atoms with Crippen molar-refractivity contribution >= 4 is 20.9 Å². The van der Waals surface area contributed by atoms with Crippen LogP contribution in [0.25, 0.3) is 22.4 Å². The average molecular weight is 457 g/mol. The van der Waals surface area contributed by atoms with Crippen molar-refractivity contribution in [1.29, 1.82) is 0 Å². The van der Waals surface area contributed by atoms with Crippen molar-refractivity contribution in [3.63, 3.8) is 0 Å². The van der Waals surface area contributed by atoms with Crippen LogP contribution in [0, 0.1) is 0 Å². The minimum absolute atomic E-state index is 0.0213. The van der Waals surface area contributed by atoms with E-state index in [0.717, 1.165) is 6.42 Å². The number of nitrogens with one attached hydrogen (secondary N) is 1. The molecule has 0 fully saturated rings. The van der Waals surface area contributed by atoms with Gasteiger partial charge in [-0.1, -0.05) is 13.3 Å². The summed E-state index contributed by atoms with van der Waals surface area (Å²) in [5, 5.41) is 4.35. The van der Waals surface area contributed by atoms with Crippen molar-refractivity contribution in [2.75, 3.05) is 6.61 Å². The molecule has 4 aromatic rings. The first-order valence-corrected chi connectivity index (χ1v) is 11.7. The van der Waals surface area contributed by atoms with Gasteiger partial charge >= 0.3 is 0 Å². The second kappa shape index (κ2) is 8.23. The largest absolute Gasteiger partial charge is 0.493 e. The predicted molar refractivity (Wildman–Crippen MR) is 118 cm³/mol.